The number of fused-ring (bicyclic) bond motifs is 1. The molecule has 1 aromatic carbocycles. The van der Waals surface area contributed by atoms with Crippen molar-refractivity contribution in [3.05, 3.63) is 23.8 Å². The third-order valence-corrected chi connectivity index (χ3v) is 2.69. The van der Waals surface area contributed by atoms with E-state index in [1.807, 2.05) is 26.2 Å². The summed E-state index contributed by atoms with van der Waals surface area (Å²) in [6.45, 7) is 4.11. The first-order valence-corrected chi connectivity index (χ1v) is 5.24. The average molecular weight is 206 g/mol. The quantitative estimate of drug-likeness (QED) is 0.740. The van der Waals surface area contributed by atoms with E-state index >= 15 is 0 Å². The molecular formula is C11H18N4. The van der Waals surface area contributed by atoms with E-state index in [-0.39, 0.29) is 0 Å². The van der Waals surface area contributed by atoms with Crippen LogP contribution in [0.25, 0.3) is 0 Å². The normalized spacial score (nSPS) is 16.1. The number of nitrogen functional groups attached to an aromatic ring is 1. The van der Waals surface area contributed by atoms with Gasteiger partial charge >= 0.3 is 0 Å². The zero-order valence-electron chi connectivity index (χ0n) is 9.57. The zero-order valence-corrected chi connectivity index (χ0v) is 9.57. The molecule has 1 heterocycles. The van der Waals surface area contributed by atoms with Gasteiger partial charge in [-0.3, -0.25) is 0 Å². The van der Waals surface area contributed by atoms with Gasteiger partial charge in [-0.25, -0.2) is 15.1 Å². The lowest BCUT2D eigenvalue weighted by molar-refractivity contribution is 0.156. The van der Waals surface area contributed by atoms with Gasteiger partial charge in [0.25, 0.3) is 0 Å². The number of anilines is 2. The summed E-state index contributed by atoms with van der Waals surface area (Å²) in [6.07, 6.45) is 0. The maximum atomic E-state index is 5.82. The third-order valence-electron chi connectivity index (χ3n) is 2.69. The molecule has 1 aliphatic rings. The fourth-order valence-corrected chi connectivity index (χ4v) is 2.03. The van der Waals surface area contributed by atoms with Crippen LogP contribution in [-0.4, -0.2) is 30.7 Å². The summed E-state index contributed by atoms with van der Waals surface area (Å²) in [4.78, 5) is 0. The fourth-order valence-electron chi connectivity index (χ4n) is 2.03. The SMILES string of the molecule is CCN1Cc2ccc(N)cc2N1N(C)C. The molecule has 0 bridgehead atoms. The van der Waals surface area contributed by atoms with Gasteiger partial charge in [-0.1, -0.05) is 13.0 Å². The predicted octanol–water partition coefficient (Wildman–Crippen LogP) is 1.30. The molecule has 0 amide bonds. The molecule has 0 atom stereocenters. The second kappa shape index (κ2) is 3.72. The highest BCUT2D eigenvalue weighted by atomic mass is 15.9. The molecule has 1 aromatic rings. The van der Waals surface area contributed by atoms with Crippen LogP contribution < -0.4 is 10.9 Å². The van der Waals surface area contributed by atoms with Crippen LogP contribution in [0.4, 0.5) is 11.4 Å². The molecule has 0 aromatic heterocycles. The van der Waals surface area contributed by atoms with E-state index in [1.165, 1.54) is 11.3 Å². The molecule has 2 rings (SSSR count). The first kappa shape index (κ1) is 10.3. The Balaban J connectivity index is 2.41. The van der Waals surface area contributed by atoms with Crippen molar-refractivity contribution in [3.8, 4) is 0 Å². The van der Waals surface area contributed by atoms with Crippen molar-refractivity contribution in [1.82, 2.24) is 10.0 Å². The van der Waals surface area contributed by atoms with Crippen molar-refractivity contribution in [1.29, 1.82) is 0 Å². The first-order chi connectivity index (χ1) is 7.13. The molecule has 1 aliphatic heterocycles. The lowest BCUT2D eigenvalue weighted by Crippen LogP contribution is -2.46. The Kier molecular flexibility index (Phi) is 2.54. The molecule has 4 heteroatoms. The molecule has 0 saturated carbocycles. The first-order valence-electron chi connectivity index (χ1n) is 5.24. The van der Waals surface area contributed by atoms with Crippen LogP contribution in [0.3, 0.4) is 0 Å². The molecule has 82 valence electrons. The summed E-state index contributed by atoms with van der Waals surface area (Å²) in [6, 6.07) is 6.10. The standard InChI is InChI=1S/C11H18N4/c1-4-14-8-9-5-6-10(12)7-11(9)15(14)13(2)3/h5-7H,4,8,12H2,1-3H3. The smallest absolute Gasteiger partial charge is 0.0773 e. The van der Waals surface area contributed by atoms with Gasteiger partial charge < -0.3 is 5.73 Å². The second-order valence-electron chi connectivity index (χ2n) is 4.01. The number of hydrogen-bond donors (Lipinski definition) is 1. The van der Waals surface area contributed by atoms with Crippen LogP contribution in [0.2, 0.25) is 0 Å². The fraction of sp³-hybridized carbons (Fsp3) is 0.455. The van der Waals surface area contributed by atoms with Crippen LogP contribution in [0.1, 0.15) is 12.5 Å². The minimum Gasteiger partial charge on any atom is -0.399 e. The van der Waals surface area contributed by atoms with Crippen molar-refractivity contribution in [2.45, 2.75) is 13.5 Å². The van der Waals surface area contributed by atoms with Gasteiger partial charge in [0.2, 0.25) is 0 Å². The van der Waals surface area contributed by atoms with Gasteiger partial charge in [-0.15, -0.1) is 0 Å². The Labute approximate surface area is 90.8 Å². The second-order valence-corrected chi connectivity index (χ2v) is 4.01. The molecule has 0 fully saturated rings. The minimum absolute atomic E-state index is 0.818. The number of rotatable bonds is 2. The number of hydrogen-bond acceptors (Lipinski definition) is 4. The highest BCUT2D eigenvalue weighted by Crippen LogP contribution is 2.32. The van der Waals surface area contributed by atoms with Gasteiger partial charge in [-0.2, -0.15) is 0 Å². The van der Waals surface area contributed by atoms with Gasteiger partial charge in [0.1, 0.15) is 0 Å². The van der Waals surface area contributed by atoms with Gasteiger partial charge in [0.15, 0.2) is 0 Å². The highest BCUT2D eigenvalue weighted by molar-refractivity contribution is 5.62. The molecule has 0 saturated heterocycles. The van der Waals surface area contributed by atoms with Gasteiger partial charge in [-0.05, 0) is 17.7 Å². The summed E-state index contributed by atoms with van der Waals surface area (Å²) >= 11 is 0. The van der Waals surface area contributed by atoms with Crippen LogP contribution in [0.5, 0.6) is 0 Å². The summed E-state index contributed by atoms with van der Waals surface area (Å²) in [5.74, 6) is 0. The molecule has 4 nitrogen and oxygen atoms in total. The number of hydrazine groups is 2. The van der Waals surface area contributed by atoms with Crippen LogP contribution >= 0.6 is 0 Å². The molecule has 0 spiro atoms. The van der Waals surface area contributed by atoms with Gasteiger partial charge in [0, 0.05) is 32.9 Å². The Bertz CT molecular complexity index is 362. The summed E-state index contributed by atoms with van der Waals surface area (Å²) in [5, 5.41) is 6.53. The van der Waals surface area contributed by atoms with Crippen molar-refractivity contribution < 1.29 is 0 Å². The van der Waals surface area contributed by atoms with Crippen molar-refractivity contribution in [2.24, 2.45) is 0 Å². The van der Waals surface area contributed by atoms with Crippen molar-refractivity contribution >= 4 is 11.4 Å². The minimum atomic E-state index is 0.818. The third kappa shape index (κ3) is 1.66. The number of benzene rings is 1. The maximum absolute atomic E-state index is 5.82. The molecule has 0 radical (unpaired) electrons. The van der Waals surface area contributed by atoms with E-state index in [4.69, 9.17) is 5.73 Å². The Morgan fingerprint density at radius 1 is 1.40 bits per heavy atom. The molecule has 0 unspecified atom stereocenters. The summed E-state index contributed by atoms with van der Waals surface area (Å²) in [5.41, 5.74) is 9.16. The maximum Gasteiger partial charge on any atom is 0.0773 e. The van der Waals surface area contributed by atoms with Crippen LogP contribution in [-0.2, 0) is 6.54 Å². The van der Waals surface area contributed by atoms with Crippen molar-refractivity contribution in [3.63, 3.8) is 0 Å². The Morgan fingerprint density at radius 2 is 2.13 bits per heavy atom. The van der Waals surface area contributed by atoms with E-state index in [0.29, 0.717) is 0 Å². The largest absolute Gasteiger partial charge is 0.399 e. The average Bonchev–Trinajstić information content (AvgIpc) is 2.55. The molecular weight excluding hydrogens is 188 g/mol. The lowest BCUT2D eigenvalue weighted by atomic mass is 10.2. The summed E-state index contributed by atoms with van der Waals surface area (Å²) in [7, 11) is 4.09. The highest BCUT2D eigenvalue weighted by Gasteiger charge is 2.27. The Morgan fingerprint density at radius 3 is 2.73 bits per heavy atom. The molecule has 2 N–H and O–H groups in total. The molecule has 0 aliphatic carbocycles. The van der Waals surface area contributed by atoms with E-state index in [9.17, 15) is 0 Å². The van der Waals surface area contributed by atoms with Crippen LogP contribution in [0, 0.1) is 0 Å². The van der Waals surface area contributed by atoms with E-state index in [2.05, 4.69) is 28.1 Å². The molecule has 15 heavy (non-hydrogen) atoms. The topological polar surface area (TPSA) is 35.7 Å². The van der Waals surface area contributed by atoms with Crippen LogP contribution in [0.15, 0.2) is 18.2 Å². The number of nitrogens with zero attached hydrogens (tertiary/aromatic N) is 3. The lowest BCUT2D eigenvalue weighted by Gasteiger charge is -2.34. The predicted molar refractivity (Wildman–Crippen MR) is 63.1 cm³/mol. The Hall–Kier alpha value is -1.26. The van der Waals surface area contributed by atoms with E-state index < -0.39 is 0 Å². The monoisotopic (exact) mass is 206 g/mol. The van der Waals surface area contributed by atoms with E-state index in [1.54, 1.807) is 0 Å². The summed E-state index contributed by atoms with van der Waals surface area (Å²) < 4.78 is 0. The van der Waals surface area contributed by atoms with Crippen molar-refractivity contribution in [2.75, 3.05) is 31.5 Å². The van der Waals surface area contributed by atoms with Gasteiger partial charge in [0.05, 0.1) is 5.69 Å². The van der Waals surface area contributed by atoms with E-state index in [0.717, 1.165) is 18.8 Å². The number of nitrogens with two attached hydrogens (primary N) is 1. The zero-order chi connectivity index (χ0) is 11.0.